The molecule has 0 spiro atoms. The van der Waals surface area contributed by atoms with Gasteiger partial charge in [-0.3, -0.25) is 4.79 Å². The SMILES string of the molecule is COc1cc(C(=O)NC2CCSc3ccccc32)cc(OC)c1Br. The van der Waals surface area contributed by atoms with Gasteiger partial charge in [0.15, 0.2) is 0 Å². The molecule has 2 aromatic carbocycles. The molecule has 1 unspecified atom stereocenters. The van der Waals surface area contributed by atoms with E-state index < -0.39 is 0 Å². The Morgan fingerprint density at radius 1 is 1.21 bits per heavy atom. The smallest absolute Gasteiger partial charge is 0.252 e. The van der Waals surface area contributed by atoms with Crippen LogP contribution in [0.4, 0.5) is 0 Å². The average Bonchev–Trinajstić information content (AvgIpc) is 2.62. The highest BCUT2D eigenvalue weighted by molar-refractivity contribution is 9.10. The molecular formula is C18H18BrNO3S. The molecule has 0 fully saturated rings. The van der Waals surface area contributed by atoms with Gasteiger partial charge in [0.25, 0.3) is 5.91 Å². The van der Waals surface area contributed by atoms with Crippen molar-refractivity contribution in [3.05, 3.63) is 52.0 Å². The lowest BCUT2D eigenvalue weighted by molar-refractivity contribution is 0.0934. The van der Waals surface area contributed by atoms with Crippen LogP contribution in [0.1, 0.15) is 28.4 Å². The predicted molar refractivity (Wildman–Crippen MR) is 99.2 cm³/mol. The minimum atomic E-state index is -0.134. The first-order valence-electron chi connectivity index (χ1n) is 7.58. The number of rotatable bonds is 4. The Labute approximate surface area is 154 Å². The molecule has 1 heterocycles. The van der Waals surface area contributed by atoms with Gasteiger partial charge in [0.1, 0.15) is 16.0 Å². The Bertz CT molecular complexity index is 741. The van der Waals surface area contributed by atoms with E-state index in [1.54, 1.807) is 26.4 Å². The van der Waals surface area contributed by atoms with Crippen molar-refractivity contribution in [3.63, 3.8) is 0 Å². The third kappa shape index (κ3) is 3.39. The van der Waals surface area contributed by atoms with Gasteiger partial charge in [0, 0.05) is 16.2 Å². The zero-order chi connectivity index (χ0) is 17.1. The molecule has 0 aliphatic carbocycles. The lowest BCUT2D eigenvalue weighted by Gasteiger charge is -2.26. The number of carbonyl (C=O) groups is 1. The van der Waals surface area contributed by atoms with Crippen LogP contribution in [0.25, 0.3) is 0 Å². The van der Waals surface area contributed by atoms with Crippen molar-refractivity contribution in [1.29, 1.82) is 0 Å². The van der Waals surface area contributed by atoms with Crippen LogP contribution in [0.15, 0.2) is 45.8 Å². The van der Waals surface area contributed by atoms with Crippen LogP contribution in [0, 0.1) is 0 Å². The third-order valence-corrected chi connectivity index (χ3v) is 5.88. The zero-order valence-corrected chi connectivity index (χ0v) is 15.9. The molecule has 0 saturated carbocycles. The molecule has 4 nitrogen and oxygen atoms in total. The van der Waals surface area contributed by atoms with E-state index in [0.717, 1.165) is 12.2 Å². The van der Waals surface area contributed by atoms with Crippen LogP contribution in [-0.4, -0.2) is 25.9 Å². The summed E-state index contributed by atoms with van der Waals surface area (Å²) >= 11 is 5.25. The van der Waals surface area contributed by atoms with Crippen molar-refractivity contribution in [3.8, 4) is 11.5 Å². The van der Waals surface area contributed by atoms with E-state index in [4.69, 9.17) is 9.47 Å². The van der Waals surface area contributed by atoms with E-state index in [9.17, 15) is 4.79 Å². The van der Waals surface area contributed by atoms with Gasteiger partial charge in [-0.15, -0.1) is 11.8 Å². The average molecular weight is 408 g/mol. The Kier molecular flexibility index (Phi) is 5.36. The molecule has 2 aromatic rings. The highest BCUT2D eigenvalue weighted by Crippen LogP contribution is 2.37. The van der Waals surface area contributed by atoms with E-state index in [2.05, 4.69) is 33.4 Å². The van der Waals surface area contributed by atoms with Crippen molar-refractivity contribution >= 4 is 33.6 Å². The standard InChI is InChI=1S/C18H18BrNO3S/c1-22-14-9-11(10-15(23-2)17(14)19)18(21)20-13-7-8-24-16-6-4-3-5-12(13)16/h3-6,9-10,13H,7-8H2,1-2H3,(H,20,21). The highest BCUT2D eigenvalue weighted by Gasteiger charge is 2.23. The molecule has 126 valence electrons. The summed E-state index contributed by atoms with van der Waals surface area (Å²) in [6.45, 7) is 0. The lowest BCUT2D eigenvalue weighted by atomic mass is 10.0. The summed E-state index contributed by atoms with van der Waals surface area (Å²) in [6, 6.07) is 11.7. The zero-order valence-electron chi connectivity index (χ0n) is 13.5. The topological polar surface area (TPSA) is 47.6 Å². The minimum Gasteiger partial charge on any atom is -0.495 e. The fourth-order valence-corrected chi connectivity index (χ4v) is 4.41. The molecule has 1 N–H and O–H groups in total. The van der Waals surface area contributed by atoms with Gasteiger partial charge in [-0.2, -0.15) is 0 Å². The fraction of sp³-hybridized carbons (Fsp3) is 0.278. The molecule has 0 bridgehead atoms. The van der Waals surface area contributed by atoms with Crippen LogP contribution in [0.5, 0.6) is 11.5 Å². The second kappa shape index (κ2) is 7.49. The van der Waals surface area contributed by atoms with Gasteiger partial charge in [-0.25, -0.2) is 0 Å². The van der Waals surface area contributed by atoms with E-state index >= 15 is 0 Å². The first kappa shape index (κ1) is 17.2. The van der Waals surface area contributed by atoms with Crippen LogP contribution in [0.2, 0.25) is 0 Å². The summed E-state index contributed by atoms with van der Waals surface area (Å²) in [6.07, 6.45) is 0.915. The summed E-state index contributed by atoms with van der Waals surface area (Å²) in [4.78, 5) is 14.0. The summed E-state index contributed by atoms with van der Waals surface area (Å²) < 4.78 is 11.3. The third-order valence-electron chi connectivity index (χ3n) is 3.97. The first-order chi connectivity index (χ1) is 11.6. The summed E-state index contributed by atoms with van der Waals surface area (Å²) in [5.41, 5.74) is 1.70. The van der Waals surface area contributed by atoms with Crippen molar-refractivity contribution in [2.75, 3.05) is 20.0 Å². The Morgan fingerprint density at radius 3 is 2.54 bits per heavy atom. The van der Waals surface area contributed by atoms with E-state index in [1.165, 1.54) is 10.5 Å². The maximum atomic E-state index is 12.7. The van der Waals surface area contributed by atoms with Gasteiger partial charge < -0.3 is 14.8 Å². The predicted octanol–water partition coefficient (Wildman–Crippen LogP) is 4.43. The Balaban J connectivity index is 1.86. The van der Waals surface area contributed by atoms with Gasteiger partial charge in [0.05, 0.1) is 20.3 Å². The molecule has 1 aliphatic heterocycles. The van der Waals surface area contributed by atoms with Crippen molar-refractivity contribution in [1.82, 2.24) is 5.32 Å². The minimum absolute atomic E-state index is 0.0237. The number of methoxy groups -OCH3 is 2. The molecule has 1 aliphatic rings. The largest absolute Gasteiger partial charge is 0.495 e. The maximum Gasteiger partial charge on any atom is 0.252 e. The monoisotopic (exact) mass is 407 g/mol. The quantitative estimate of drug-likeness (QED) is 0.813. The van der Waals surface area contributed by atoms with Crippen molar-refractivity contribution in [2.45, 2.75) is 17.4 Å². The number of halogens is 1. The van der Waals surface area contributed by atoms with E-state index in [1.807, 2.05) is 23.9 Å². The summed E-state index contributed by atoms with van der Waals surface area (Å²) in [7, 11) is 3.13. The molecule has 1 atom stereocenters. The number of ether oxygens (including phenoxy) is 2. The molecule has 24 heavy (non-hydrogen) atoms. The van der Waals surface area contributed by atoms with Crippen LogP contribution in [0.3, 0.4) is 0 Å². The normalized spacial score (nSPS) is 16.2. The van der Waals surface area contributed by atoms with Crippen LogP contribution < -0.4 is 14.8 Å². The summed E-state index contributed by atoms with van der Waals surface area (Å²) in [5.74, 6) is 2.00. The van der Waals surface area contributed by atoms with E-state index in [-0.39, 0.29) is 11.9 Å². The number of nitrogens with one attached hydrogen (secondary N) is 1. The molecular weight excluding hydrogens is 390 g/mol. The molecule has 6 heteroatoms. The number of hydrogen-bond acceptors (Lipinski definition) is 4. The molecule has 0 radical (unpaired) electrons. The number of amides is 1. The second-order valence-corrected chi connectivity index (χ2v) is 7.33. The summed E-state index contributed by atoms with van der Waals surface area (Å²) in [5, 5.41) is 3.13. The molecule has 0 aromatic heterocycles. The number of benzene rings is 2. The van der Waals surface area contributed by atoms with Gasteiger partial charge in [0.2, 0.25) is 0 Å². The van der Waals surface area contributed by atoms with Crippen molar-refractivity contribution < 1.29 is 14.3 Å². The lowest BCUT2D eigenvalue weighted by Crippen LogP contribution is -2.30. The van der Waals surface area contributed by atoms with Gasteiger partial charge in [-0.1, -0.05) is 18.2 Å². The van der Waals surface area contributed by atoms with Crippen molar-refractivity contribution in [2.24, 2.45) is 0 Å². The van der Waals surface area contributed by atoms with Crippen LogP contribution in [-0.2, 0) is 0 Å². The number of thioether (sulfide) groups is 1. The number of hydrogen-bond donors (Lipinski definition) is 1. The van der Waals surface area contributed by atoms with E-state index in [0.29, 0.717) is 21.5 Å². The second-order valence-electron chi connectivity index (χ2n) is 5.40. The highest BCUT2D eigenvalue weighted by atomic mass is 79.9. The number of fused-ring (bicyclic) bond motifs is 1. The molecule has 3 rings (SSSR count). The van der Waals surface area contributed by atoms with Gasteiger partial charge in [-0.05, 0) is 46.1 Å². The van der Waals surface area contributed by atoms with Crippen LogP contribution >= 0.6 is 27.7 Å². The fourth-order valence-electron chi connectivity index (χ4n) is 2.73. The Hall–Kier alpha value is -1.66. The maximum absolute atomic E-state index is 12.7. The number of carbonyl (C=O) groups excluding carboxylic acids is 1. The molecule has 0 saturated heterocycles. The first-order valence-corrected chi connectivity index (χ1v) is 9.36. The van der Waals surface area contributed by atoms with Gasteiger partial charge >= 0.3 is 0 Å². The molecule has 1 amide bonds. The Morgan fingerprint density at radius 2 is 1.88 bits per heavy atom.